The SMILES string of the molecule is Cc1cccc(-c2c(CCN)nc3ccc(Br)cn23)c1C. The van der Waals surface area contributed by atoms with E-state index in [1.165, 1.54) is 16.7 Å². The van der Waals surface area contributed by atoms with Crippen molar-refractivity contribution in [1.82, 2.24) is 9.38 Å². The molecule has 0 aliphatic carbocycles. The topological polar surface area (TPSA) is 43.3 Å². The third-order valence-corrected chi connectivity index (χ3v) is 4.36. The zero-order valence-corrected chi connectivity index (χ0v) is 13.8. The molecule has 0 spiro atoms. The van der Waals surface area contributed by atoms with Crippen LogP contribution in [0.5, 0.6) is 0 Å². The molecule has 1 aromatic carbocycles. The number of rotatable bonds is 3. The van der Waals surface area contributed by atoms with E-state index >= 15 is 0 Å². The van der Waals surface area contributed by atoms with Crippen molar-refractivity contribution in [2.24, 2.45) is 5.73 Å². The highest BCUT2D eigenvalue weighted by atomic mass is 79.9. The van der Waals surface area contributed by atoms with Gasteiger partial charge in [-0.1, -0.05) is 18.2 Å². The fraction of sp³-hybridized carbons (Fsp3) is 0.235. The quantitative estimate of drug-likeness (QED) is 0.784. The Balaban J connectivity index is 2.35. The molecule has 3 rings (SSSR count). The van der Waals surface area contributed by atoms with E-state index in [0.717, 1.165) is 27.9 Å². The molecule has 2 aromatic heterocycles. The van der Waals surface area contributed by atoms with Crippen LogP contribution in [0.3, 0.4) is 0 Å². The zero-order chi connectivity index (χ0) is 15.0. The highest BCUT2D eigenvalue weighted by Gasteiger charge is 2.16. The molecule has 0 aliphatic rings. The summed E-state index contributed by atoms with van der Waals surface area (Å²) in [5.41, 5.74) is 12.7. The number of benzene rings is 1. The van der Waals surface area contributed by atoms with Gasteiger partial charge in [-0.25, -0.2) is 4.98 Å². The number of halogens is 1. The molecule has 4 heteroatoms. The van der Waals surface area contributed by atoms with E-state index < -0.39 is 0 Å². The fourth-order valence-corrected chi connectivity index (χ4v) is 3.01. The fourth-order valence-electron chi connectivity index (χ4n) is 2.67. The molecule has 21 heavy (non-hydrogen) atoms. The van der Waals surface area contributed by atoms with E-state index in [0.29, 0.717) is 6.54 Å². The first-order valence-corrected chi connectivity index (χ1v) is 7.84. The Hall–Kier alpha value is -1.65. The van der Waals surface area contributed by atoms with Gasteiger partial charge in [-0.15, -0.1) is 0 Å². The largest absolute Gasteiger partial charge is 0.330 e. The molecular formula is C17H18BrN3. The second kappa shape index (κ2) is 5.62. The molecule has 0 radical (unpaired) electrons. The van der Waals surface area contributed by atoms with Crippen molar-refractivity contribution in [3.8, 4) is 11.3 Å². The first kappa shape index (κ1) is 14.3. The predicted molar refractivity (Wildman–Crippen MR) is 90.6 cm³/mol. The third kappa shape index (κ3) is 2.49. The highest BCUT2D eigenvalue weighted by molar-refractivity contribution is 9.10. The number of aromatic nitrogens is 2. The highest BCUT2D eigenvalue weighted by Crippen LogP contribution is 2.30. The monoisotopic (exact) mass is 343 g/mol. The number of aryl methyl sites for hydroxylation is 1. The van der Waals surface area contributed by atoms with Crippen LogP contribution in [0.4, 0.5) is 0 Å². The van der Waals surface area contributed by atoms with Crippen LogP contribution in [0.25, 0.3) is 16.9 Å². The van der Waals surface area contributed by atoms with E-state index in [2.05, 4.69) is 58.6 Å². The van der Waals surface area contributed by atoms with Crippen LogP contribution in [-0.2, 0) is 6.42 Å². The van der Waals surface area contributed by atoms with Crippen LogP contribution in [0.15, 0.2) is 41.0 Å². The van der Waals surface area contributed by atoms with Crippen molar-refractivity contribution in [2.75, 3.05) is 6.54 Å². The number of hydrogen-bond donors (Lipinski definition) is 1. The summed E-state index contributed by atoms with van der Waals surface area (Å²) < 4.78 is 3.19. The summed E-state index contributed by atoms with van der Waals surface area (Å²) in [5.74, 6) is 0. The minimum Gasteiger partial charge on any atom is -0.330 e. The van der Waals surface area contributed by atoms with Crippen LogP contribution in [-0.4, -0.2) is 15.9 Å². The van der Waals surface area contributed by atoms with Gasteiger partial charge in [-0.3, -0.25) is 4.40 Å². The van der Waals surface area contributed by atoms with Crippen LogP contribution < -0.4 is 5.73 Å². The smallest absolute Gasteiger partial charge is 0.137 e. The Labute approximate surface area is 132 Å². The number of imidazole rings is 1. The Kier molecular flexibility index (Phi) is 3.83. The first-order chi connectivity index (χ1) is 10.1. The van der Waals surface area contributed by atoms with Crippen molar-refractivity contribution in [3.63, 3.8) is 0 Å². The Morgan fingerprint density at radius 2 is 2.00 bits per heavy atom. The number of pyridine rings is 1. The Bertz CT molecular complexity index is 805. The molecule has 3 nitrogen and oxygen atoms in total. The molecule has 0 unspecified atom stereocenters. The molecular weight excluding hydrogens is 326 g/mol. The average molecular weight is 344 g/mol. The van der Waals surface area contributed by atoms with Crippen LogP contribution in [0.1, 0.15) is 16.8 Å². The minimum absolute atomic E-state index is 0.600. The summed E-state index contributed by atoms with van der Waals surface area (Å²) in [7, 11) is 0. The van der Waals surface area contributed by atoms with Gasteiger partial charge < -0.3 is 5.73 Å². The lowest BCUT2D eigenvalue weighted by Gasteiger charge is -2.10. The summed E-state index contributed by atoms with van der Waals surface area (Å²) in [6.07, 6.45) is 2.85. The summed E-state index contributed by atoms with van der Waals surface area (Å²) in [6.45, 7) is 4.90. The standard InChI is InChI=1S/C17H18BrN3/c1-11-4-3-5-14(12(11)2)17-15(8-9-19)20-16-7-6-13(18)10-21(16)17/h3-7,10H,8-9,19H2,1-2H3. The van der Waals surface area contributed by atoms with Gasteiger partial charge in [0, 0.05) is 22.7 Å². The van der Waals surface area contributed by atoms with Gasteiger partial charge in [-0.2, -0.15) is 0 Å². The van der Waals surface area contributed by atoms with Crippen molar-refractivity contribution >= 4 is 21.6 Å². The lowest BCUT2D eigenvalue weighted by molar-refractivity contribution is 0.939. The molecule has 108 valence electrons. The Morgan fingerprint density at radius 3 is 2.76 bits per heavy atom. The summed E-state index contributed by atoms with van der Waals surface area (Å²) in [6, 6.07) is 10.4. The normalized spacial score (nSPS) is 11.2. The summed E-state index contributed by atoms with van der Waals surface area (Å²) in [5, 5.41) is 0. The van der Waals surface area contributed by atoms with Crippen molar-refractivity contribution in [1.29, 1.82) is 0 Å². The lowest BCUT2D eigenvalue weighted by Crippen LogP contribution is -2.05. The molecule has 0 saturated carbocycles. The maximum Gasteiger partial charge on any atom is 0.137 e. The van der Waals surface area contributed by atoms with Crippen molar-refractivity contribution in [2.45, 2.75) is 20.3 Å². The van der Waals surface area contributed by atoms with Crippen molar-refractivity contribution in [3.05, 3.63) is 57.8 Å². The van der Waals surface area contributed by atoms with Gasteiger partial charge >= 0.3 is 0 Å². The average Bonchev–Trinajstić information content (AvgIpc) is 2.80. The van der Waals surface area contributed by atoms with Crippen LogP contribution in [0.2, 0.25) is 0 Å². The lowest BCUT2D eigenvalue weighted by atomic mass is 9.99. The van der Waals surface area contributed by atoms with Gasteiger partial charge in [0.25, 0.3) is 0 Å². The number of fused-ring (bicyclic) bond motifs is 1. The molecule has 3 aromatic rings. The number of nitrogens with two attached hydrogens (primary N) is 1. The second-order valence-electron chi connectivity index (χ2n) is 5.27. The van der Waals surface area contributed by atoms with E-state index in [9.17, 15) is 0 Å². The zero-order valence-electron chi connectivity index (χ0n) is 12.2. The van der Waals surface area contributed by atoms with Gasteiger partial charge in [0.1, 0.15) is 5.65 Å². The molecule has 0 fully saturated rings. The van der Waals surface area contributed by atoms with E-state index in [1.54, 1.807) is 0 Å². The molecule has 2 N–H and O–H groups in total. The van der Waals surface area contributed by atoms with E-state index in [4.69, 9.17) is 10.7 Å². The molecule has 0 bridgehead atoms. The van der Waals surface area contributed by atoms with Gasteiger partial charge in [-0.05, 0) is 59.6 Å². The molecule has 0 aliphatic heterocycles. The molecule has 0 amide bonds. The Morgan fingerprint density at radius 1 is 1.19 bits per heavy atom. The number of nitrogens with zero attached hydrogens (tertiary/aromatic N) is 2. The molecule has 0 saturated heterocycles. The number of hydrogen-bond acceptors (Lipinski definition) is 2. The van der Waals surface area contributed by atoms with E-state index in [-0.39, 0.29) is 0 Å². The first-order valence-electron chi connectivity index (χ1n) is 7.05. The summed E-state index contributed by atoms with van der Waals surface area (Å²) >= 11 is 3.55. The molecule has 2 heterocycles. The maximum atomic E-state index is 5.77. The second-order valence-corrected chi connectivity index (χ2v) is 6.18. The van der Waals surface area contributed by atoms with Crippen LogP contribution in [0, 0.1) is 13.8 Å². The third-order valence-electron chi connectivity index (χ3n) is 3.90. The summed E-state index contributed by atoms with van der Waals surface area (Å²) in [4.78, 5) is 4.75. The minimum atomic E-state index is 0.600. The van der Waals surface area contributed by atoms with Gasteiger partial charge in [0.2, 0.25) is 0 Å². The molecule has 0 atom stereocenters. The van der Waals surface area contributed by atoms with Gasteiger partial charge in [0.15, 0.2) is 0 Å². The predicted octanol–water partition coefficient (Wildman–Crippen LogP) is 3.88. The van der Waals surface area contributed by atoms with E-state index in [1.807, 2.05) is 12.1 Å². The van der Waals surface area contributed by atoms with Crippen molar-refractivity contribution < 1.29 is 0 Å². The van der Waals surface area contributed by atoms with Gasteiger partial charge in [0.05, 0.1) is 11.4 Å². The van der Waals surface area contributed by atoms with Crippen LogP contribution >= 0.6 is 15.9 Å². The maximum absolute atomic E-state index is 5.77.